The summed E-state index contributed by atoms with van der Waals surface area (Å²) in [6.45, 7) is 8.18. The van der Waals surface area contributed by atoms with Crippen LogP contribution in [-0.4, -0.2) is 15.7 Å². The highest BCUT2D eigenvalue weighted by atomic mass is 16.2. The summed E-state index contributed by atoms with van der Waals surface area (Å²) < 4.78 is 1.20. The van der Waals surface area contributed by atoms with Crippen LogP contribution >= 0.6 is 0 Å². The lowest BCUT2D eigenvalue weighted by Gasteiger charge is -2.10. The molecule has 144 valence electrons. The fourth-order valence-electron chi connectivity index (χ4n) is 2.90. The van der Waals surface area contributed by atoms with Gasteiger partial charge in [-0.1, -0.05) is 38.1 Å². The molecule has 5 heteroatoms. The summed E-state index contributed by atoms with van der Waals surface area (Å²) in [5.41, 5.74) is 5.53. The molecule has 0 fully saturated rings. The van der Waals surface area contributed by atoms with Gasteiger partial charge in [0.1, 0.15) is 6.54 Å². The second-order valence-electron chi connectivity index (χ2n) is 7.34. The molecule has 2 aromatic carbocycles. The van der Waals surface area contributed by atoms with Crippen molar-refractivity contribution >= 4 is 11.6 Å². The van der Waals surface area contributed by atoms with Gasteiger partial charge in [0.25, 0.3) is 5.56 Å². The minimum Gasteiger partial charge on any atom is -0.324 e. The van der Waals surface area contributed by atoms with Gasteiger partial charge in [-0.05, 0) is 60.7 Å². The predicted molar refractivity (Wildman–Crippen MR) is 113 cm³/mol. The maximum absolute atomic E-state index is 12.4. The van der Waals surface area contributed by atoms with E-state index in [4.69, 9.17) is 0 Å². The summed E-state index contributed by atoms with van der Waals surface area (Å²) in [4.78, 5) is 24.5. The van der Waals surface area contributed by atoms with Crippen LogP contribution in [0.3, 0.4) is 0 Å². The van der Waals surface area contributed by atoms with Gasteiger partial charge < -0.3 is 5.32 Å². The fraction of sp³-hybridized carbons (Fsp3) is 0.261. The molecule has 3 rings (SSSR count). The number of nitrogens with zero attached hydrogens (tertiary/aromatic N) is 2. The van der Waals surface area contributed by atoms with E-state index in [2.05, 4.69) is 24.3 Å². The number of amides is 1. The monoisotopic (exact) mass is 375 g/mol. The molecule has 0 aliphatic rings. The maximum atomic E-state index is 12.4. The average molecular weight is 375 g/mol. The molecular formula is C23H25N3O2. The van der Waals surface area contributed by atoms with E-state index in [-0.39, 0.29) is 18.0 Å². The Morgan fingerprint density at radius 2 is 1.71 bits per heavy atom. The summed E-state index contributed by atoms with van der Waals surface area (Å²) in [5, 5.41) is 7.20. The van der Waals surface area contributed by atoms with Gasteiger partial charge in [0.05, 0.1) is 5.69 Å². The third-order valence-electron chi connectivity index (χ3n) is 4.82. The van der Waals surface area contributed by atoms with Crippen molar-refractivity contribution in [2.45, 2.75) is 40.2 Å². The van der Waals surface area contributed by atoms with Crippen molar-refractivity contribution in [3.63, 3.8) is 0 Å². The summed E-state index contributed by atoms with van der Waals surface area (Å²) in [6, 6.07) is 16.9. The van der Waals surface area contributed by atoms with Crippen molar-refractivity contribution in [3.05, 3.63) is 81.6 Å². The van der Waals surface area contributed by atoms with E-state index in [0.29, 0.717) is 17.3 Å². The number of anilines is 1. The summed E-state index contributed by atoms with van der Waals surface area (Å²) in [7, 11) is 0. The van der Waals surface area contributed by atoms with Crippen LogP contribution in [0, 0.1) is 13.8 Å². The smallest absolute Gasteiger partial charge is 0.267 e. The summed E-state index contributed by atoms with van der Waals surface area (Å²) in [6.07, 6.45) is 0. The summed E-state index contributed by atoms with van der Waals surface area (Å²) in [5.74, 6) is 0.143. The molecule has 1 amide bonds. The molecule has 1 aromatic heterocycles. The molecule has 3 aromatic rings. The topological polar surface area (TPSA) is 64.0 Å². The number of benzene rings is 2. The third-order valence-corrected chi connectivity index (χ3v) is 4.82. The molecule has 1 heterocycles. The molecule has 0 radical (unpaired) electrons. The first kappa shape index (κ1) is 19.5. The van der Waals surface area contributed by atoms with E-state index in [1.165, 1.54) is 21.9 Å². The lowest BCUT2D eigenvalue weighted by molar-refractivity contribution is -0.117. The van der Waals surface area contributed by atoms with E-state index >= 15 is 0 Å². The number of rotatable bonds is 5. The van der Waals surface area contributed by atoms with Gasteiger partial charge in [0, 0.05) is 17.3 Å². The molecular weight excluding hydrogens is 350 g/mol. The standard InChI is InChI=1S/C23H25N3O2/c1-15(2)18-7-9-20(10-8-18)24-22(27)14-26-23(28)12-11-21(25-26)19-6-5-16(3)17(4)13-19/h5-13,15H,14H2,1-4H3,(H,24,27). The second kappa shape index (κ2) is 8.21. The Morgan fingerprint density at radius 3 is 2.36 bits per heavy atom. The van der Waals surface area contributed by atoms with E-state index < -0.39 is 0 Å². The number of carbonyl (C=O) groups is 1. The van der Waals surface area contributed by atoms with Gasteiger partial charge in [-0.3, -0.25) is 9.59 Å². The van der Waals surface area contributed by atoms with E-state index in [1.54, 1.807) is 6.07 Å². The van der Waals surface area contributed by atoms with Gasteiger partial charge in [0.15, 0.2) is 0 Å². The van der Waals surface area contributed by atoms with Crippen LogP contribution in [0.1, 0.15) is 36.5 Å². The van der Waals surface area contributed by atoms with Crippen LogP contribution in [0.2, 0.25) is 0 Å². The fourth-order valence-corrected chi connectivity index (χ4v) is 2.90. The molecule has 0 atom stereocenters. The SMILES string of the molecule is Cc1ccc(-c2ccc(=O)n(CC(=O)Nc3ccc(C(C)C)cc3)n2)cc1C. The molecule has 0 spiro atoms. The first-order valence-corrected chi connectivity index (χ1v) is 9.39. The zero-order valence-corrected chi connectivity index (χ0v) is 16.7. The molecule has 0 saturated carbocycles. The normalized spacial score (nSPS) is 10.9. The van der Waals surface area contributed by atoms with Gasteiger partial charge in [-0.2, -0.15) is 5.10 Å². The van der Waals surface area contributed by atoms with Crippen LogP contribution in [0.4, 0.5) is 5.69 Å². The Morgan fingerprint density at radius 1 is 1.00 bits per heavy atom. The van der Waals surface area contributed by atoms with Gasteiger partial charge in [-0.15, -0.1) is 0 Å². The lowest BCUT2D eigenvalue weighted by atomic mass is 10.0. The van der Waals surface area contributed by atoms with Crippen molar-refractivity contribution in [1.29, 1.82) is 0 Å². The minimum absolute atomic E-state index is 0.135. The van der Waals surface area contributed by atoms with E-state index in [0.717, 1.165) is 11.1 Å². The first-order valence-electron chi connectivity index (χ1n) is 9.39. The Kier molecular flexibility index (Phi) is 5.73. The van der Waals surface area contributed by atoms with Crippen LogP contribution in [-0.2, 0) is 11.3 Å². The molecule has 0 bridgehead atoms. The second-order valence-corrected chi connectivity index (χ2v) is 7.34. The summed E-state index contributed by atoms with van der Waals surface area (Å²) >= 11 is 0. The highest BCUT2D eigenvalue weighted by molar-refractivity contribution is 5.90. The molecule has 28 heavy (non-hydrogen) atoms. The third kappa shape index (κ3) is 4.55. The van der Waals surface area contributed by atoms with Crippen molar-refractivity contribution in [2.24, 2.45) is 0 Å². The number of nitrogens with one attached hydrogen (secondary N) is 1. The minimum atomic E-state index is -0.308. The Hall–Kier alpha value is -3.21. The molecule has 1 N–H and O–H groups in total. The Bertz CT molecular complexity index is 1050. The van der Waals surface area contributed by atoms with Crippen molar-refractivity contribution in [3.8, 4) is 11.3 Å². The lowest BCUT2D eigenvalue weighted by Crippen LogP contribution is -2.29. The molecule has 0 unspecified atom stereocenters. The number of aryl methyl sites for hydroxylation is 2. The molecule has 0 saturated heterocycles. The number of aromatic nitrogens is 2. The van der Waals surface area contributed by atoms with E-state index in [9.17, 15) is 9.59 Å². The maximum Gasteiger partial charge on any atom is 0.267 e. The van der Waals surface area contributed by atoms with Crippen molar-refractivity contribution in [2.75, 3.05) is 5.32 Å². The zero-order valence-electron chi connectivity index (χ0n) is 16.7. The number of hydrogen-bond donors (Lipinski definition) is 1. The van der Waals surface area contributed by atoms with Crippen LogP contribution < -0.4 is 10.9 Å². The number of hydrogen-bond acceptors (Lipinski definition) is 3. The van der Waals surface area contributed by atoms with Crippen LogP contribution in [0.25, 0.3) is 11.3 Å². The van der Waals surface area contributed by atoms with Crippen LogP contribution in [0.5, 0.6) is 0 Å². The highest BCUT2D eigenvalue weighted by Gasteiger charge is 2.09. The van der Waals surface area contributed by atoms with E-state index in [1.807, 2.05) is 56.3 Å². The zero-order chi connectivity index (χ0) is 20.3. The average Bonchev–Trinajstić information content (AvgIpc) is 2.66. The van der Waals surface area contributed by atoms with Gasteiger partial charge in [-0.25, -0.2) is 4.68 Å². The van der Waals surface area contributed by atoms with Gasteiger partial charge in [0.2, 0.25) is 5.91 Å². The first-order chi connectivity index (χ1) is 13.3. The van der Waals surface area contributed by atoms with Crippen LogP contribution in [0.15, 0.2) is 59.4 Å². The largest absolute Gasteiger partial charge is 0.324 e. The molecule has 0 aliphatic carbocycles. The molecule has 5 nitrogen and oxygen atoms in total. The quantitative estimate of drug-likeness (QED) is 0.723. The highest BCUT2D eigenvalue weighted by Crippen LogP contribution is 2.19. The Labute approximate surface area is 165 Å². The number of carbonyl (C=O) groups excluding carboxylic acids is 1. The molecule has 0 aliphatic heterocycles. The van der Waals surface area contributed by atoms with Crippen molar-refractivity contribution in [1.82, 2.24) is 9.78 Å². The van der Waals surface area contributed by atoms with Crippen molar-refractivity contribution < 1.29 is 4.79 Å². The Balaban J connectivity index is 1.77. The van der Waals surface area contributed by atoms with Gasteiger partial charge >= 0.3 is 0 Å². The predicted octanol–water partition coefficient (Wildman–Crippen LogP) is 4.29.